The molecular formula is C20H31N3O5. The Morgan fingerprint density at radius 1 is 1.18 bits per heavy atom. The molecule has 0 unspecified atom stereocenters. The van der Waals surface area contributed by atoms with E-state index in [1.54, 1.807) is 11.0 Å². The number of unbranched alkanes of at least 4 members (excludes halogenated alkanes) is 1. The first-order valence-corrected chi connectivity index (χ1v) is 9.74. The second-order valence-electron chi connectivity index (χ2n) is 7.26. The largest absolute Gasteiger partial charge is 0.395 e. The first kappa shape index (κ1) is 22.6. The first-order valence-electron chi connectivity index (χ1n) is 9.74. The summed E-state index contributed by atoms with van der Waals surface area (Å²) in [7, 11) is 0. The molecule has 1 saturated heterocycles. The number of benzene rings is 1. The van der Waals surface area contributed by atoms with Crippen molar-refractivity contribution in [2.75, 3.05) is 37.7 Å². The standard InChI is InChI=1S/C20H31N3O5/c1-2-3-6-22(7-8-24)16-5-4-14(9-15(16)10-21)11-23-12-18(26)20(28)19(27)17(23)13-25/h4-5,9,17-20,24-28H,2-3,6-8,11-13H2,1H3/t17-,18-,19+,20+/m0/s1. The zero-order chi connectivity index (χ0) is 20.7. The fourth-order valence-corrected chi connectivity index (χ4v) is 3.66. The Kier molecular flexibility index (Phi) is 8.63. The molecule has 8 heteroatoms. The Morgan fingerprint density at radius 2 is 1.93 bits per heavy atom. The van der Waals surface area contributed by atoms with Crippen LogP contribution in [0.25, 0.3) is 0 Å². The van der Waals surface area contributed by atoms with Crippen molar-refractivity contribution in [3.63, 3.8) is 0 Å². The predicted molar refractivity (Wildman–Crippen MR) is 105 cm³/mol. The molecule has 1 aliphatic heterocycles. The summed E-state index contributed by atoms with van der Waals surface area (Å²) in [6.07, 6.45) is -1.69. The highest BCUT2D eigenvalue weighted by Crippen LogP contribution is 2.25. The van der Waals surface area contributed by atoms with E-state index < -0.39 is 24.4 Å². The lowest BCUT2D eigenvalue weighted by Crippen LogP contribution is -2.62. The lowest BCUT2D eigenvalue weighted by atomic mass is 9.93. The molecule has 0 saturated carbocycles. The van der Waals surface area contributed by atoms with Crippen molar-refractivity contribution in [3.05, 3.63) is 29.3 Å². The number of nitriles is 1. The van der Waals surface area contributed by atoms with Gasteiger partial charge in [-0.25, -0.2) is 0 Å². The Bertz CT molecular complexity index is 666. The Balaban J connectivity index is 2.22. The molecule has 0 aliphatic carbocycles. The molecule has 4 atom stereocenters. The number of aliphatic hydroxyl groups excluding tert-OH is 5. The Hall–Kier alpha value is -1.73. The van der Waals surface area contributed by atoms with Crippen LogP contribution >= 0.6 is 0 Å². The molecule has 0 spiro atoms. The zero-order valence-corrected chi connectivity index (χ0v) is 16.3. The Morgan fingerprint density at radius 3 is 2.54 bits per heavy atom. The van der Waals surface area contributed by atoms with E-state index in [1.807, 2.05) is 17.0 Å². The molecular weight excluding hydrogens is 362 g/mol. The SMILES string of the molecule is CCCCN(CCO)c1ccc(CN2C[C@H](O)[C@@H](O)[C@H](O)[C@@H]2CO)cc1C#N. The molecule has 0 bridgehead atoms. The van der Waals surface area contributed by atoms with Crippen molar-refractivity contribution in [2.24, 2.45) is 0 Å². The molecule has 1 aliphatic rings. The fourth-order valence-electron chi connectivity index (χ4n) is 3.66. The third-order valence-corrected chi connectivity index (χ3v) is 5.28. The molecule has 1 aromatic rings. The average Bonchev–Trinajstić information content (AvgIpc) is 2.69. The molecule has 5 N–H and O–H groups in total. The lowest BCUT2D eigenvalue weighted by molar-refractivity contribution is -0.147. The summed E-state index contributed by atoms with van der Waals surface area (Å²) in [5.74, 6) is 0. The number of hydrogen-bond donors (Lipinski definition) is 5. The summed E-state index contributed by atoms with van der Waals surface area (Å²) in [5, 5.41) is 58.4. The van der Waals surface area contributed by atoms with Crippen LogP contribution in [0.15, 0.2) is 18.2 Å². The van der Waals surface area contributed by atoms with E-state index in [0.29, 0.717) is 18.7 Å². The molecule has 0 radical (unpaired) electrons. The maximum absolute atomic E-state index is 10.1. The molecule has 2 rings (SSSR count). The lowest BCUT2D eigenvalue weighted by Gasteiger charge is -2.43. The van der Waals surface area contributed by atoms with Gasteiger partial charge in [0.25, 0.3) is 0 Å². The van der Waals surface area contributed by atoms with Gasteiger partial charge in [-0.3, -0.25) is 4.90 Å². The smallest absolute Gasteiger partial charge is 0.109 e. The van der Waals surface area contributed by atoms with E-state index in [-0.39, 0.29) is 19.8 Å². The molecule has 28 heavy (non-hydrogen) atoms. The van der Waals surface area contributed by atoms with Gasteiger partial charge in [0, 0.05) is 26.2 Å². The number of piperidine rings is 1. The molecule has 1 aromatic carbocycles. The highest BCUT2D eigenvalue weighted by atomic mass is 16.4. The van der Waals surface area contributed by atoms with Gasteiger partial charge in [-0.05, 0) is 24.1 Å². The number of rotatable bonds is 9. The number of β-amino-alcohol motifs (C(OH)–C–C–N with tert-alkyl or cyclic N) is 1. The van der Waals surface area contributed by atoms with Crippen LogP contribution in [0.5, 0.6) is 0 Å². The van der Waals surface area contributed by atoms with Gasteiger partial charge in [0.2, 0.25) is 0 Å². The number of hydrogen-bond acceptors (Lipinski definition) is 8. The molecule has 8 nitrogen and oxygen atoms in total. The van der Waals surface area contributed by atoms with E-state index in [2.05, 4.69) is 13.0 Å². The van der Waals surface area contributed by atoms with Gasteiger partial charge in [-0.1, -0.05) is 19.4 Å². The van der Waals surface area contributed by atoms with Gasteiger partial charge in [0.05, 0.1) is 36.6 Å². The third kappa shape index (κ3) is 5.20. The summed E-state index contributed by atoms with van der Waals surface area (Å²) < 4.78 is 0. The Labute approximate surface area is 165 Å². The normalized spacial score (nSPS) is 25.5. The van der Waals surface area contributed by atoms with Gasteiger partial charge >= 0.3 is 0 Å². The van der Waals surface area contributed by atoms with E-state index in [4.69, 9.17) is 0 Å². The first-order chi connectivity index (χ1) is 13.5. The van der Waals surface area contributed by atoms with Gasteiger partial charge in [-0.15, -0.1) is 0 Å². The topological polar surface area (TPSA) is 131 Å². The maximum atomic E-state index is 10.1. The number of aliphatic hydroxyl groups is 5. The monoisotopic (exact) mass is 393 g/mol. The minimum atomic E-state index is -1.30. The minimum Gasteiger partial charge on any atom is -0.395 e. The average molecular weight is 393 g/mol. The number of nitrogens with zero attached hydrogens (tertiary/aromatic N) is 3. The molecule has 1 fully saturated rings. The van der Waals surface area contributed by atoms with Crippen LogP contribution in [0.4, 0.5) is 5.69 Å². The van der Waals surface area contributed by atoms with Crippen LogP contribution in [0, 0.1) is 11.3 Å². The molecule has 0 amide bonds. The van der Waals surface area contributed by atoms with Crippen molar-refractivity contribution < 1.29 is 25.5 Å². The van der Waals surface area contributed by atoms with E-state index in [9.17, 15) is 30.8 Å². The van der Waals surface area contributed by atoms with Crippen LogP contribution in [-0.2, 0) is 6.54 Å². The van der Waals surface area contributed by atoms with Crippen LogP contribution in [0.2, 0.25) is 0 Å². The maximum Gasteiger partial charge on any atom is 0.109 e. The number of anilines is 1. The zero-order valence-electron chi connectivity index (χ0n) is 16.3. The van der Waals surface area contributed by atoms with Crippen LogP contribution in [-0.4, -0.2) is 87.6 Å². The summed E-state index contributed by atoms with van der Waals surface area (Å²) in [6, 6.07) is 6.98. The molecule has 1 heterocycles. The van der Waals surface area contributed by atoms with Gasteiger partial charge < -0.3 is 30.4 Å². The van der Waals surface area contributed by atoms with Crippen molar-refractivity contribution in [1.29, 1.82) is 5.26 Å². The molecule has 156 valence electrons. The van der Waals surface area contributed by atoms with Gasteiger partial charge in [0.15, 0.2) is 0 Å². The second-order valence-corrected chi connectivity index (χ2v) is 7.26. The number of likely N-dealkylation sites (tertiary alicyclic amines) is 1. The van der Waals surface area contributed by atoms with Gasteiger partial charge in [-0.2, -0.15) is 5.26 Å². The van der Waals surface area contributed by atoms with Crippen molar-refractivity contribution in [3.8, 4) is 6.07 Å². The van der Waals surface area contributed by atoms with Crippen LogP contribution in [0.3, 0.4) is 0 Å². The van der Waals surface area contributed by atoms with Crippen molar-refractivity contribution in [2.45, 2.75) is 50.7 Å². The second kappa shape index (κ2) is 10.7. The fraction of sp³-hybridized carbons (Fsp3) is 0.650. The van der Waals surface area contributed by atoms with E-state index in [1.165, 1.54) is 0 Å². The summed E-state index contributed by atoms with van der Waals surface area (Å²) in [4.78, 5) is 3.70. The van der Waals surface area contributed by atoms with Crippen molar-refractivity contribution >= 4 is 5.69 Å². The van der Waals surface area contributed by atoms with Crippen LogP contribution in [0.1, 0.15) is 30.9 Å². The highest BCUT2D eigenvalue weighted by Gasteiger charge is 2.40. The third-order valence-electron chi connectivity index (χ3n) is 5.28. The highest BCUT2D eigenvalue weighted by molar-refractivity contribution is 5.60. The summed E-state index contributed by atoms with van der Waals surface area (Å²) in [6.45, 7) is 3.36. The summed E-state index contributed by atoms with van der Waals surface area (Å²) in [5.41, 5.74) is 2.05. The summed E-state index contributed by atoms with van der Waals surface area (Å²) >= 11 is 0. The molecule has 0 aromatic heterocycles. The van der Waals surface area contributed by atoms with Crippen molar-refractivity contribution in [1.82, 2.24) is 4.90 Å². The quantitative estimate of drug-likeness (QED) is 0.376. The van der Waals surface area contributed by atoms with E-state index >= 15 is 0 Å². The minimum absolute atomic E-state index is 0.000392. The predicted octanol–water partition coefficient (Wildman–Crippen LogP) is -0.584. The van der Waals surface area contributed by atoms with E-state index in [0.717, 1.165) is 30.6 Å². The van der Waals surface area contributed by atoms with Crippen LogP contribution < -0.4 is 4.90 Å². The van der Waals surface area contributed by atoms with Gasteiger partial charge in [0.1, 0.15) is 18.3 Å².